The number of aromatic nitrogens is 2. The monoisotopic (exact) mass is 277 g/mol. The molecule has 1 N–H and O–H groups in total. The lowest BCUT2D eigenvalue weighted by atomic mass is 9.66. The van der Waals surface area contributed by atoms with Crippen molar-refractivity contribution in [2.75, 3.05) is 13.1 Å². The fourth-order valence-corrected chi connectivity index (χ4v) is 3.62. The van der Waals surface area contributed by atoms with Gasteiger partial charge in [0.25, 0.3) is 0 Å². The molecule has 3 heteroatoms. The first kappa shape index (κ1) is 15.6. The summed E-state index contributed by atoms with van der Waals surface area (Å²) in [6.45, 7) is 12.5. The second kappa shape index (κ2) is 6.75. The minimum absolute atomic E-state index is 0.467. The van der Waals surface area contributed by atoms with E-state index in [1.165, 1.54) is 25.0 Å². The molecule has 0 bridgehead atoms. The summed E-state index contributed by atoms with van der Waals surface area (Å²) < 4.78 is 2.24. The van der Waals surface area contributed by atoms with Crippen molar-refractivity contribution in [1.29, 1.82) is 0 Å². The third-order valence-corrected chi connectivity index (χ3v) is 4.75. The van der Waals surface area contributed by atoms with Crippen molar-refractivity contribution in [1.82, 2.24) is 15.1 Å². The number of aryl methyl sites for hydroxylation is 1. The first-order chi connectivity index (χ1) is 9.57. The zero-order valence-electron chi connectivity index (χ0n) is 13.7. The summed E-state index contributed by atoms with van der Waals surface area (Å²) in [5.41, 5.74) is 1.93. The molecule has 2 atom stereocenters. The number of hydrogen-bond donors (Lipinski definition) is 1. The van der Waals surface area contributed by atoms with Crippen molar-refractivity contribution in [2.45, 2.75) is 65.8 Å². The molecule has 1 aliphatic rings. The van der Waals surface area contributed by atoms with E-state index in [2.05, 4.69) is 48.9 Å². The summed E-state index contributed by atoms with van der Waals surface area (Å²) in [4.78, 5) is 0. The van der Waals surface area contributed by atoms with Crippen molar-refractivity contribution in [3.05, 3.63) is 18.0 Å². The second-order valence-electron chi connectivity index (χ2n) is 7.06. The number of nitrogens with zero attached hydrogens (tertiary/aromatic N) is 2. The molecular weight excluding hydrogens is 246 g/mol. The summed E-state index contributed by atoms with van der Waals surface area (Å²) in [7, 11) is 0. The molecule has 1 saturated carbocycles. The van der Waals surface area contributed by atoms with E-state index in [4.69, 9.17) is 0 Å². The van der Waals surface area contributed by atoms with Crippen LogP contribution in [0.15, 0.2) is 12.3 Å². The van der Waals surface area contributed by atoms with Gasteiger partial charge in [0.1, 0.15) is 0 Å². The molecule has 20 heavy (non-hydrogen) atoms. The molecular formula is C17H31N3. The largest absolute Gasteiger partial charge is 0.317 e. The molecule has 114 valence electrons. The first-order valence-electron chi connectivity index (χ1n) is 8.30. The highest BCUT2D eigenvalue weighted by atomic mass is 15.3. The zero-order valence-corrected chi connectivity index (χ0v) is 13.7. The van der Waals surface area contributed by atoms with Crippen LogP contribution in [0, 0.1) is 11.3 Å². The van der Waals surface area contributed by atoms with E-state index >= 15 is 0 Å². The summed E-state index contributed by atoms with van der Waals surface area (Å²) in [5, 5.41) is 8.10. The Bertz CT molecular complexity index is 408. The highest BCUT2D eigenvalue weighted by molar-refractivity contribution is 5.12. The minimum Gasteiger partial charge on any atom is -0.317 e. The number of rotatable bonds is 6. The molecule has 3 nitrogen and oxygen atoms in total. The Balaban J connectivity index is 2.19. The highest BCUT2D eigenvalue weighted by Crippen LogP contribution is 2.46. The molecule has 1 fully saturated rings. The molecule has 1 aromatic rings. The third kappa shape index (κ3) is 3.63. The molecule has 1 heterocycles. The van der Waals surface area contributed by atoms with Crippen LogP contribution in [0.5, 0.6) is 0 Å². The van der Waals surface area contributed by atoms with E-state index in [1.54, 1.807) is 0 Å². The average Bonchev–Trinajstić information content (AvgIpc) is 2.85. The Morgan fingerprint density at radius 3 is 2.90 bits per heavy atom. The lowest BCUT2D eigenvalue weighted by Crippen LogP contribution is -2.35. The molecule has 0 spiro atoms. The minimum atomic E-state index is 0.467. The smallest absolute Gasteiger partial charge is 0.0492 e. The van der Waals surface area contributed by atoms with E-state index in [0.717, 1.165) is 32.0 Å². The van der Waals surface area contributed by atoms with Crippen molar-refractivity contribution in [3.63, 3.8) is 0 Å². The molecule has 0 saturated heterocycles. The van der Waals surface area contributed by atoms with Crippen LogP contribution >= 0.6 is 0 Å². The van der Waals surface area contributed by atoms with Gasteiger partial charge in [-0.1, -0.05) is 27.7 Å². The van der Waals surface area contributed by atoms with Gasteiger partial charge in [0, 0.05) is 24.4 Å². The van der Waals surface area contributed by atoms with Crippen LogP contribution in [0.1, 0.15) is 65.0 Å². The summed E-state index contributed by atoms with van der Waals surface area (Å²) >= 11 is 0. The van der Waals surface area contributed by atoms with Gasteiger partial charge in [0.05, 0.1) is 0 Å². The van der Waals surface area contributed by atoms with E-state index in [9.17, 15) is 0 Å². The fourth-order valence-electron chi connectivity index (χ4n) is 3.62. The molecule has 2 rings (SSSR count). The van der Waals surface area contributed by atoms with E-state index < -0.39 is 0 Å². The summed E-state index contributed by atoms with van der Waals surface area (Å²) in [6.07, 6.45) is 7.11. The van der Waals surface area contributed by atoms with Gasteiger partial charge in [0.2, 0.25) is 0 Å². The Morgan fingerprint density at radius 2 is 2.20 bits per heavy atom. The lowest BCUT2D eigenvalue weighted by molar-refractivity contribution is 0.154. The first-order valence-corrected chi connectivity index (χ1v) is 8.30. The SMILES string of the molecule is CCCn1nccc1C1CC(C)(C)CCC1CNCC. The van der Waals surface area contributed by atoms with E-state index in [1.807, 2.05) is 6.20 Å². The maximum Gasteiger partial charge on any atom is 0.0492 e. The van der Waals surface area contributed by atoms with Gasteiger partial charge in [-0.15, -0.1) is 0 Å². The third-order valence-electron chi connectivity index (χ3n) is 4.75. The quantitative estimate of drug-likeness (QED) is 0.857. The predicted molar refractivity (Wildman–Crippen MR) is 84.9 cm³/mol. The van der Waals surface area contributed by atoms with Gasteiger partial charge in [0.15, 0.2) is 0 Å². The van der Waals surface area contributed by atoms with Crippen LogP contribution in [0.25, 0.3) is 0 Å². The Kier molecular flexibility index (Phi) is 5.25. The van der Waals surface area contributed by atoms with Crippen LogP contribution in [0.3, 0.4) is 0 Å². The Hall–Kier alpha value is -0.830. The molecule has 2 unspecified atom stereocenters. The van der Waals surface area contributed by atoms with Crippen molar-refractivity contribution >= 4 is 0 Å². The van der Waals surface area contributed by atoms with Gasteiger partial charge in [-0.25, -0.2) is 0 Å². The molecule has 1 aliphatic carbocycles. The van der Waals surface area contributed by atoms with E-state index in [-0.39, 0.29) is 0 Å². The predicted octanol–water partition coefficient (Wildman–Crippen LogP) is 3.81. The zero-order chi connectivity index (χ0) is 14.6. The lowest BCUT2D eigenvalue weighted by Gasteiger charge is -2.41. The van der Waals surface area contributed by atoms with Gasteiger partial charge in [-0.05, 0) is 56.2 Å². The van der Waals surface area contributed by atoms with Crippen LogP contribution in [-0.2, 0) is 6.54 Å². The molecule has 0 amide bonds. The van der Waals surface area contributed by atoms with Gasteiger partial charge in [-0.2, -0.15) is 5.10 Å². The van der Waals surface area contributed by atoms with Gasteiger partial charge >= 0.3 is 0 Å². The number of hydrogen-bond acceptors (Lipinski definition) is 2. The van der Waals surface area contributed by atoms with Crippen molar-refractivity contribution in [3.8, 4) is 0 Å². The number of nitrogens with one attached hydrogen (secondary N) is 1. The van der Waals surface area contributed by atoms with Crippen LogP contribution in [-0.4, -0.2) is 22.9 Å². The van der Waals surface area contributed by atoms with Crippen LogP contribution < -0.4 is 5.32 Å². The summed E-state index contributed by atoms with van der Waals surface area (Å²) in [5.74, 6) is 1.42. The van der Waals surface area contributed by atoms with Crippen LogP contribution in [0.4, 0.5) is 0 Å². The van der Waals surface area contributed by atoms with Crippen molar-refractivity contribution in [2.24, 2.45) is 11.3 Å². The van der Waals surface area contributed by atoms with E-state index in [0.29, 0.717) is 11.3 Å². The molecule has 0 aliphatic heterocycles. The molecule has 0 radical (unpaired) electrons. The topological polar surface area (TPSA) is 29.9 Å². The van der Waals surface area contributed by atoms with Gasteiger partial charge in [-0.3, -0.25) is 4.68 Å². The Morgan fingerprint density at radius 1 is 1.40 bits per heavy atom. The maximum atomic E-state index is 4.54. The Labute approximate surface area is 124 Å². The summed E-state index contributed by atoms with van der Waals surface area (Å²) in [6, 6.07) is 2.25. The second-order valence-corrected chi connectivity index (χ2v) is 7.06. The highest BCUT2D eigenvalue weighted by Gasteiger charge is 2.36. The standard InChI is InChI=1S/C17H31N3/c1-5-11-20-16(8-10-19-20)15-12-17(3,4)9-7-14(15)13-18-6-2/h8,10,14-15,18H,5-7,9,11-13H2,1-4H3. The molecule has 1 aromatic heterocycles. The van der Waals surface area contributed by atoms with Crippen molar-refractivity contribution < 1.29 is 0 Å². The van der Waals surface area contributed by atoms with Crippen LogP contribution in [0.2, 0.25) is 0 Å². The normalized spacial score (nSPS) is 25.8. The molecule has 0 aromatic carbocycles. The van der Waals surface area contributed by atoms with Gasteiger partial charge < -0.3 is 5.32 Å². The maximum absolute atomic E-state index is 4.54. The fraction of sp³-hybridized carbons (Fsp3) is 0.824. The average molecular weight is 277 g/mol.